The Morgan fingerprint density at radius 3 is 2.80 bits per heavy atom. The summed E-state index contributed by atoms with van der Waals surface area (Å²) in [5, 5.41) is 17.8. The molecule has 1 fully saturated rings. The van der Waals surface area contributed by atoms with Crippen molar-refractivity contribution in [2.45, 2.75) is 25.0 Å². The second-order valence-electron chi connectivity index (χ2n) is 6.44. The Morgan fingerprint density at radius 2 is 1.92 bits per heavy atom. The van der Waals surface area contributed by atoms with Crippen LogP contribution in [0, 0.1) is 0 Å². The van der Waals surface area contributed by atoms with E-state index in [1.165, 1.54) is 5.56 Å². The first-order valence-electron chi connectivity index (χ1n) is 8.55. The van der Waals surface area contributed by atoms with E-state index in [9.17, 15) is 5.11 Å². The van der Waals surface area contributed by atoms with Gasteiger partial charge in [0.1, 0.15) is 5.75 Å². The Kier molecular flexibility index (Phi) is 4.51. The highest BCUT2D eigenvalue weighted by Crippen LogP contribution is 2.35. The fourth-order valence-electron chi connectivity index (χ4n) is 3.59. The van der Waals surface area contributed by atoms with Crippen LogP contribution in [0.25, 0.3) is 10.8 Å². The molecule has 127 valence electrons. The first-order valence-corrected chi connectivity index (χ1v) is 8.93. The van der Waals surface area contributed by atoms with Crippen molar-refractivity contribution in [2.24, 2.45) is 0 Å². The Labute approximate surface area is 152 Å². The molecule has 1 radical (unpaired) electrons. The molecule has 1 aliphatic heterocycles. The number of ether oxygens (including phenoxy) is 1. The van der Waals surface area contributed by atoms with E-state index in [1.807, 2.05) is 42.5 Å². The number of benzene rings is 3. The molecule has 2 unspecified atom stereocenters. The summed E-state index contributed by atoms with van der Waals surface area (Å²) in [7, 11) is 0. The molecule has 4 heteroatoms. The van der Waals surface area contributed by atoms with E-state index >= 15 is 0 Å². The lowest BCUT2D eigenvalue weighted by Crippen LogP contribution is -2.41. The van der Waals surface area contributed by atoms with E-state index in [-0.39, 0.29) is 12.0 Å². The molecule has 1 N–H and O–H groups in total. The molecule has 0 bridgehead atoms. The maximum Gasteiger partial charge on any atom is 0.179 e. The fourth-order valence-corrected chi connectivity index (χ4v) is 3.77. The van der Waals surface area contributed by atoms with Gasteiger partial charge in [-0.05, 0) is 59.5 Å². The van der Waals surface area contributed by atoms with E-state index < -0.39 is 0 Å². The highest BCUT2D eigenvalue weighted by atomic mass is 35.5. The molecule has 1 saturated heterocycles. The van der Waals surface area contributed by atoms with Gasteiger partial charge >= 0.3 is 0 Å². The van der Waals surface area contributed by atoms with Crippen LogP contribution in [0.2, 0.25) is 5.02 Å². The molecule has 0 aromatic heterocycles. The minimum Gasteiger partial charge on any atom is -0.474 e. The third-order valence-electron chi connectivity index (χ3n) is 4.79. The van der Waals surface area contributed by atoms with Crippen molar-refractivity contribution >= 4 is 22.4 Å². The minimum atomic E-state index is -0.0762. The summed E-state index contributed by atoms with van der Waals surface area (Å²) in [6.07, 6.45) is 1.83. The number of fused-ring (bicyclic) bond motifs is 1. The lowest BCUT2D eigenvalue weighted by atomic mass is 9.86. The molecule has 3 aromatic rings. The van der Waals surface area contributed by atoms with Crippen LogP contribution < -0.4 is 10.1 Å². The Balaban J connectivity index is 1.58. The summed E-state index contributed by atoms with van der Waals surface area (Å²) in [4.78, 5) is 0. The van der Waals surface area contributed by atoms with Crippen molar-refractivity contribution in [1.29, 1.82) is 0 Å². The third-order valence-corrected chi connectivity index (χ3v) is 5.11. The minimum absolute atomic E-state index is 0.0508. The quantitative estimate of drug-likeness (QED) is 0.675. The van der Waals surface area contributed by atoms with Gasteiger partial charge < -0.3 is 4.74 Å². The summed E-state index contributed by atoms with van der Waals surface area (Å²) in [6.45, 7) is 0.885. The number of halogens is 1. The molecule has 3 nitrogen and oxygen atoms in total. The first-order chi connectivity index (χ1) is 12.2. The van der Waals surface area contributed by atoms with Crippen molar-refractivity contribution in [2.75, 3.05) is 6.54 Å². The lowest BCUT2D eigenvalue weighted by molar-refractivity contribution is 0.122. The molecule has 0 amide bonds. The SMILES string of the molecule is [O]c1ccc2c(C3CCNC(Oc4ccccc4Cl)C3)cccc2c1. The van der Waals surface area contributed by atoms with Gasteiger partial charge in [-0.25, -0.2) is 0 Å². The number of piperidine rings is 1. The summed E-state index contributed by atoms with van der Waals surface area (Å²) in [6, 6.07) is 19.0. The van der Waals surface area contributed by atoms with E-state index in [1.54, 1.807) is 12.1 Å². The number of para-hydroxylation sites is 1. The smallest absolute Gasteiger partial charge is 0.179 e. The van der Waals surface area contributed by atoms with Crippen LogP contribution in [0.3, 0.4) is 0 Å². The number of hydrogen-bond donors (Lipinski definition) is 1. The first kappa shape index (κ1) is 16.2. The normalized spacial score (nSPS) is 20.5. The summed E-state index contributed by atoms with van der Waals surface area (Å²) < 4.78 is 6.08. The van der Waals surface area contributed by atoms with Crippen molar-refractivity contribution < 1.29 is 9.84 Å². The standard InChI is InChI=1S/C21H19ClNO2/c22-19-6-1-2-7-20(19)25-21-13-15(10-11-23-21)17-5-3-4-14-12-16(24)8-9-18(14)17/h1-9,12,15,21,23H,10-11,13H2. The topological polar surface area (TPSA) is 41.2 Å². The number of rotatable bonds is 3. The van der Waals surface area contributed by atoms with Crippen LogP contribution in [0.1, 0.15) is 24.3 Å². The van der Waals surface area contributed by atoms with Gasteiger partial charge in [0.15, 0.2) is 12.0 Å². The summed E-state index contributed by atoms with van der Waals surface area (Å²) in [5.74, 6) is 1.14. The van der Waals surface area contributed by atoms with E-state index in [2.05, 4.69) is 11.4 Å². The van der Waals surface area contributed by atoms with Crippen LogP contribution in [0.4, 0.5) is 0 Å². The highest BCUT2D eigenvalue weighted by Gasteiger charge is 2.25. The van der Waals surface area contributed by atoms with Crippen LogP contribution in [-0.4, -0.2) is 12.8 Å². The molecular formula is C21H19ClNO2. The number of hydrogen-bond acceptors (Lipinski definition) is 2. The molecule has 1 aliphatic rings. The maximum atomic E-state index is 11.6. The molecular weight excluding hydrogens is 334 g/mol. The summed E-state index contributed by atoms with van der Waals surface area (Å²) >= 11 is 6.21. The van der Waals surface area contributed by atoms with Gasteiger partial charge in [-0.3, -0.25) is 10.4 Å². The third kappa shape index (κ3) is 3.44. The van der Waals surface area contributed by atoms with Gasteiger partial charge in [0.25, 0.3) is 0 Å². The van der Waals surface area contributed by atoms with E-state index in [0.717, 1.165) is 30.2 Å². The van der Waals surface area contributed by atoms with Crippen molar-refractivity contribution in [1.82, 2.24) is 5.32 Å². The average molecular weight is 353 g/mol. The number of nitrogens with one attached hydrogen (secondary N) is 1. The second kappa shape index (κ2) is 6.95. The lowest BCUT2D eigenvalue weighted by Gasteiger charge is -2.31. The van der Waals surface area contributed by atoms with Gasteiger partial charge in [0.05, 0.1) is 5.02 Å². The molecule has 0 saturated carbocycles. The highest BCUT2D eigenvalue weighted by molar-refractivity contribution is 6.32. The average Bonchev–Trinajstić information content (AvgIpc) is 2.63. The van der Waals surface area contributed by atoms with Gasteiger partial charge in [-0.1, -0.05) is 48.0 Å². The van der Waals surface area contributed by atoms with Crippen molar-refractivity contribution in [3.05, 3.63) is 71.2 Å². The van der Waals surface area contributed by atoms with Crippen molar-refractivity contribution in [3.63, 3.8) is 0 Å². The van der Waals surface area contributed by atoms with E-state index in [0.29, 0.717) is 16.7 Å². The van der Waals surface area contributed by atoms with Crippen LogP contribution in [0.15, 0.2) is 60.7 Å². The second-order valence-corrected chi connectivity index (χ2v) is 6.85. The molecule has 4 rings (SSSR count). The molecule has 0 aliphatic carbocycles. The van der Waals surface area contributed by atoms with Gasteiger partial charge in [0.2, 0.25) is 0 Å². The largest absolute Gasteiger partial charge is 0.474 e. The Hall–Kier alpha value is -2.23. The van der Waals surface area contributed by atoms with Crippen LogP contribution >= 0.6 is 11.6 Å². The Bertz CT molecular complexity index is 896. The zero-order chi connectivity index (χ0) is 17.2. The zero-order valence-electron chi connectivity index (χ0n) is 13.7. The monoisotopic (exact) mass is 352 g/mol. The predicted molar refractivity (Wildman–Crippen MR) is 99.9 cm³/mol. The van der Waals surface area contributed by atoms with Crippen LogP contribution in [-0.2, 0) is 5.11 Å². The Morgan fingerprint density at radius 1 is 1.04 bits per heavy atom. The van der Waals surface area contributed by atoms with Gasteiger partial charge in [0, 0.05) is 6.42 Å². The zero-order valence-corrected chi connectivity index (χ0v) is 14.5. The van der Waals surface area contributed by atoms with Gasteiger partial charge in [-0.2, -0.15) is 0 Å². The van der Waals surface area contributed by atoms with E-state index in [4.69, 9.17) is 16.3 Å². The predicted octanol–water partition coefficient (Wildman–Crippen LogP) is 5.51. The molecule has 25 heavy (non-hydrogen) atoms. The van der Waals surface area contributed by atoms with Gasteiger partial charge in [-0.15, -0.1) is 0 Å². The van der Waals surface area contributed by atoms with Crippen molar-refractivity contribution in [3.8, 4) is 11.5 Å². The fraction of sp³-hybridized carbons (Fsp3) is 0.238. The molecule has 3 aromatic carbocycles. The maximum absolute atomic E-state index is 11.6. The van der Waals surface area contributed by atoms with Crippen LogP contribution in [0.5, 0.6) is 11.5 Å². The molecule has 1 heterocycles. The molecule has 2 atom stereocenters. The molecule has 0 spiro atoms. The summed E-state index contributed by atoms with van der Waals surface area (Å²) in [5.41, 5.74) is 1.28.